The Morgan fingerprint density at radius 3 is 1.88 bits per heavy atom. The van der Waals surface area contributed by atoms with Crippen molar-refractivity contribution in [1.82, 2.24) is 0 Å². The van der Waals surface area contributed by atoms with Crippen LogP contribution in [0.2, 0.25) is 36.3 Å². The van der Waals surface area contributed by atoms with Gasteiger partial charge in [0.15, 0.2) is 0 Å². The number of halogens is 1. The molecule has 7 heteroatoms. The van der Waals surface area contributed by atoms with Crippen molar-refractivity contribution in [1.29, 1.82) is 0 Å². The number of benzene rings is 2. The molecule has 4 nitrogen and oxygen atoms in total. The maximum absolute atomic E-state index is 11.4. The molecule has 2 rings (SSSR count). The van der Waals surface area contributed by atoms with E-state index in [1.54, 1.807) is 18.2 Å². The standard InChI is InChI=1S/C27H39BrO4Si2/c1-26(2,3)33(7,8)31-22-15-13-19(24(18-22)32-34(9,10)27(4,5)6)11-12-20-17-21(25(29)30)14-16-23(20)28/h11-18H,1-10H3,(H,29,30). The summed E-state index contributed by atoms with van der Waals surface area (Å²) in [5.41, 5.74) is 1.97. The normalized spacial score (nSPS) is 13.3. The highest BCUT2D eigenvalue weighted by atomic mass is 79.9. The van der Waals surface area contributed by atoms with Gasteiger partial charge in [-0.2, -0.15) is 0 Å². The van der Waals surface area contributed by atoms with Crippen LogP contribution < -0.4 is 8.85 Å². The molecule has 0 aliphatic carbocycles. The van der Waals surface area contributed by atoms with E-state index in [1.807, 2.05) is 30.4 Å². The predicted molar refractivity (Wildman–Crippen MR) is 152 cm³/mol. The van der Waals surface area contributed by atoms with Crippen molar-refractivity contribution in [2.45, 2.75) is 77.8 Å². The molecule has 0 aliphatic rings. The second kappa shape index (κ2) is 10.0. The fourth-order valence-electron chi connectivity index (χ4n) is 2.66. The zero-order chi connectivity index (χ0) is 26.1. The van der Waals surface area contributed by atoms with Gasteiger partial charge in [0.2, 0.25) is 8.32 Å². The molecule has 34 heavy (non-hydrogen) atoms. The molecular formula is C27H39BrO4Si2. The van der Waals surface area contributed by atoms with E-state index in [4.69, 9.17) is 8.85 Å². The van der Waals surface area contributed by atoms with Crippen LogP contribution >= 0.6 is 15.9 Å². The number of rotatable bonds is 7. The first kappa shape index (κ1) is 28.4. The third-order valence-corrected chi connectivity index (χ3v) is 16.4. The lowest BCUT2D eigenvalue weighted by molar-refractivity contribution is 0.0697. The molecule has 0 heterocycles. The van der Waals surface area contributed by atoms with Gasteiger partial charge in [-0.1, -0.05) is 69.6 Å². The van der Waals surface area contributed by atoms with E-state index in [9.17, 15) is 9.90 Å². The molecule has 2 aromatic carbocycles. The van der Waals surface area contributed by atoms with Crippen molar-refractivity contribution in [2.75, 3.05) is 0 Å². The average molecular weight is 564 g/mol. The first-order chi connectivity index (χ1) is 15.3. The van der Waals surface area contributed by atoms with Crippen LogP contribution in [0.3, 0.4) is 0 Å². The molecule has 2 aromatic rings. The van der Waals surface area contributed by atoms with Crippen LogP contribution in [0.4, 0.5) is 0 Å². The zero-order valence-corrected chi connectivity index (χ0v) is 25.8. The second-order valence-corrected chi connectivity index (χ2v) is 22.1. The first-order valence-corrected chi connectivity index (χ1v) is 18.2. The summed E-state index contributed by atoms with van der Waals surface area (Å²) in [6.07, 6.45) is 3.89. The summed E-state index contributed by atoms with van der Waals surface area (Å²) in [5, 5.41) is 9.48. The molecule has 0 saturated heterocycles. The Bertz CT molecular complexity index is 1080. The smallest absolute Gasteiger partial charge is 0.335 e. The highest BCUT2D eigenvalue weighted by molar-refractivity contribution is 9.10. The molecule has 0 unspecified atom stereocenters. The zero-order valence-electron chi connectivity index (χ0n) is 22.2. The Morgan fingerprint density at radius 2 is 1.35 bits per heavy atom. The van der Waals surface area contributed by atoms with Crippen molar-refractivity contribution in [2.24, 2.45) is 0 Å². The Hall–Kier alpha value is -1.84. The van der Waals surface area contributed by atoms with E-state index in [1.165, 1.54) is 0 Å². The molecule has 0 amide bonds. The van der Waals surface area contributed by atoms with E-state index in [-0.39, 0.29) is 15.6 Å². The average Bonchev–Trinajstić information content (AvgIpc) is 2.66. The van der Waals surface area contributed by atoms with Gasteiger partial charge in [-0.25, -0.2) is 4.79 Å². The van der Waals surface area contributed by atoms with E-state index in [0.29, 0.717) is 0 Å². The van der Waals surface area contributed by atoms with Gasteiger partial charge in [-0.05, 0) is 72.2 Å². The van der Waals surface area contributed by atoms with Crippen LogP contribution in [-0.4, -0.2) is 27.7 Å². The van der Waals surface area contributed by atoms with Crippen LogP contribution in [0.15, 0.2) is 40.9 Å². The number of carboxylic acid groups (broad SMARTS) is 1. The van der Waals surface area contributed by atoms with Gasteiger partial charge in [0, 0.05) is 16.1 Å². The van der Waals surface area contributed by atoms with Gasteiger partial charge in [0.25, 0.3) is 8.32 Å². The number of aromatic carboxylic acids is 1. The largest absolute Gasteiger partial charge is 0.543 e. The molecule has 0 aliphatic heterocycles. The summed E-state index contributed by atoms with van der Waals surface area (Å²) in [7, 11) is -4.10. The van der Waals surface area contributed by atoms with E-state index >= 15 is 0 Å². The van der Waals surface area contributed by atoms with Gasteiger partial charge >= 0.3 is 5.97 Å². The van der Waals surface area contributed by atoms with Crippen molar-refractivity contribution in [3.8, 4) is 11.5 Å². The van der Waals surface area contributed by atoms with Crippen molar-refractivity contribution in [3.05, 3.63) is 57.6 Å². The minimum atomic E-state index is -2.10. The van der Waals surface area contributed by atoms with Crippen LogP contribution in [0.25, 0.3) is 12.2 Å². The lowest BCUT2D eigenvalue weighted by atomic mass is 10.1. The van der Waals surface area contributed by atoms with Crippen LogP contribution in [0, 0.1) is 0 Å². The fraction of sp³-hybridized carbons (Fsp3) is 0.444. The topological polar surface area (TPSA) is 55.8 Å². The number of hydrogen-bond donors (Lipinski definition) is 1. The summed E-state index contributed by atoms with van der Waals surface area (Å²) in [6.45, 7) is 22.3. The SMILES string of the molecule is CC(C)(C)[Si](C)(C)Oc1ccc(C=Cc2cc(C(=O)O)ccc2Br)c(O[Si](C)(C)C(C)(C)C)c1. The lowest BCUT2D eigenvalue weighted by Gasteiger charge is -2.38. The molecule has 0 radical (unpaired) electrons. The fourth-order valence-corrected chi connectivity index (χ4v) is 5.10. The molecule has 0 saturated carbocycles. The van der Waals surface area contributed by atoms with E-state index in [0.717, 1.165) is 27.1 Å². The Morgan fingerprint density at radius 1 is 0.824 bits per heavy atom. The maximum Gasteiger partial charge on any atom is 0.335 e. The second-order valence-electron chi connectivity index (χ2n) is 11.8. The number of carboxylic acids is 1. The van der Waals surface area contributed by atoms with Crippen molar-refractivity contribution < 1.29 is 18.8 Å². The summed E-state index contributed by atoms with van der Waals surface area (Å²) >= 11 is 3.53. The van der Waals surface area contributed by atoms with Crippen LogP contribution in [0.1, 0.15) is 63.0 Å². The van der Waals surface area contributed by atoms with Crippen LogP contribution in [-0.2, 0) is 0 Å². The molecule has 0 spiro atoms. The monoisotopic (exact) mass is 562 g/mol. The molecule has 186 valence electrons. The third kappa shape index (κ3) is 6.86. The highest BCUT2D eigenvalue weighted by Gasteiger charge is 2.40. The molecular weight excluding hydrogens is 524 g/mol. The summed E-state index contributed by atoms with van der Waals surface area (Å²) < 4.78 is 14.1. The Labute approximate surface area is 215 Å². The van der Waals surface area contributed by atoms with Gasteiger partial charge in [0.05, 0.1) is 5.56 Å². The number of carbonyl (C=O) groups is 1. The Kier molecular flexibility index (Phi) is 8.38. The molecule has 0 bridgehead atoms. The summed E-state index contributed by atoms with van der Waals surface area (Å²) in [6, 6.07) is 11.0. The third-order valence-electron chi connectivity index (χ3n) is 7.02. The van der Waals surface area contributed by atoms with Gasteiger partial charge < -0.3 is 14.0 Å². The maximum atomic E-state index is 11.4. The summed E-state index contributed by atoms with van der Waals surface area (Å²) in [4.78, 5) is 11.4. The predicted octanol–water partition coefficient (Wildman–Crippen LogP) is 9.09. The quantitative estimate of drug-likeness (QED) is 0.270. The lowest BCUT2D eigenvalue weighted by Crippen LogP contribution is -2.44. The van der Waals surface area contributed by atoms with Crippen molar-refractivity contribution >= 4 is 50.7 Å². The molecule has 0 aromatic heterocycles. The highest BCUT2D eigenvalue weighted by Crippen LogP contribution is 2.41. The Balaban J connectivity index is 2.54. The van der Waals surface area contributed by atoms with Crippen molar-refractivity contribution in [3.63, 3.8) is 0 Å². The van der Waals surface area contributed by atoms with Gasteiger partial charge in [0.1, 0.15) is 11.5 Å². The van der Waals surface area contributed by atoms with E-state index < -0.39 is 22.6 Å². The van der Waals surface area contributed by atoms with Gasteiger partial charge in [-0.15, -0.1) is 0 Å². The molecule has 0 fully saturated rings. The van der Waals surface area contributed by atoms with E-state index in [2.05, 4.69) is 83.7 Å². The molecule has 1 N–H and O–H groups in total. The van der Waals surface area contributed by atoms with Gasteiger partial charge in [-0.3, -0.25) is 0 Å². The number of hydrogen-bond acceptors (Lipinski definition) is 3. The minimum Gasteiger partial charge on any atom is -0.543 e. The minimum absolute atomic E-state index is 0.0448. The van der Waals surface area contributed by atoms with Crippen LogP contribution in [0.5, 0.6) is 11.5 Å². The molecule has 0 atom stereocenters. The first-order valence-electron chi connectivity index (χ1n) is 11.6. The summed E-state index contributed by atoms with van der Waals surface area (Å²) in [5.74, 6) is 0.673.